The fourth-order valence-corrected chi connectivity index (χ4v) is 2.93. The first-order valence-electron chi connectivity index (χ1n) is 9.19. The molecule has 0 saturated heterocycles. The van der Waals surface area contributed by atoms with E-state index in [0.29, 0.717) is 5.69 Å². The summed E-state index contributed by atoms with van der Waals surface area (Å²) in [7, 11) is 0. The van der Waals surface area contributed by atoms with Crippen molar-refractivity contribution in [3.63, 3.8) is 0 Å². The Morgan fingerprint density at radius 1 is 1.07 bits per heavy atom. The Balaban J connectivity index is 1.63. The van der Waals surface area contributed by atoms with Crippen LogP contribution in [-0.4, -0.2) is 21.7 Å². The van der Waals surface area contributed by atoms with Crippen LogP contribution in [0.5, 0.6) is 0 Å². The smallest absolute Gasteiger partial charge is 0.267 e. The van der Waals surface area contributed by atoms with E-state index < -0.39 is 11.4 Å². The maximum absolute atomic E-state index is 14.0. The fraction of sp³-hybridized carbons (Fsp3) is 0.227. The minimum Gasteiger partial charge on any atom is -0.352 e. The Kier molecular flexibility index (Phi) is 6.32. The number of halogens is 1. The summed E-state index contributed by atoms with van der Waals surface area (Å²) in [6, 6.07) is 18.9. The topological polar surface area (TPSA) is 64.0 Å². The van der Waals surface area contributed by atoms with E-state index in [9.17, 15) is 14.0 Å². The van der Waals surface area contributed by atoms with Crippen LogP contribution in [0.4, 0.5) is 4.39 Å². The highest BCUT2D eigenvalue weighted by atomic mass is 19.1. The van der Waals surface area contributed by atoms with Crippen LogP contribution in [0.15, 0.2) is 71.5 Å². The van der Waals surface area contributed by atoms with E-state index in [1.165, 1.54) is 23.8 Å². The van der Waals surface area contributed by atoms with Crippen molar-refractivity contribution in [1.29, 1.82) is 0 Å². The van der Waals surface area contributed by atoms with Crippen LogP contribution in [0.3, 0.4) is 0 Å². The lowest BCUT2D eigenvalue weighted by Gasteiger charge is -2.14. The molecule has 0 fully saturated rings. The highest BCUT2D eigenvalue weighted by Gasteiger charge is 2.12. The third kappa shape index (κ3) is 5.13. The lowest BCUT2D eigenvalue weighted by molar-refractivity contribution is -0.122. The van der Waals surface area contributed by atoms with E-state index in [-0.39, 0.29) is 24.1 Å². The fourth-order valence-electron chi connectivity index (χ4n) is 2.93. The normalized spacial score (nSPS) is 11.8. The maximum Gasteiger partial charge on any atom is 0.267 e. The third-order valence-electron chi connectivity index (χ3n) is 4.43. The van der Waals surface area contributed by atoms with Crippen LogP contribution in [0.2, 0.25) is 0 Å². The number of rotatable bonds is 7. The Morgan fingerprint density at radius 2 is 1.79 bits per heavy atom. The summed E-state index contributed by atoms with van der Waals surface area (Å²) in [5, 5.41) is 7.03. The van der Waals surface area contributed by atoms with Crippen molar-refractivity contribution in [2.75, 3.05) is 0 Å². The largest absolute Gasteiger partial charge is 0.352 e. The Morgan fingerprint density at radius 3 is 2.54 bits per heavy atom. The van der Waals surface area contributed by atoms with Crippen LogP contribution in [0.25, 0.3) is 11.3 Å². The molecule has 0 aliphatic heterocycles. The molecule has 6 heteroatoms. The Bertz CT molecular complexity index is 1000. The van der Waals surface area contributed by atoms with E-state index in [1.807, 2.05) is 37.3 Å². The quantitative estimate of drug-likeness (QED) is 0.686. The predicted octanol–water partition coefficient (Wildman–Crippen LogP) is 3.19. The number of carbonyl (C=O) groups is 1. The number of aryl methyl sites for hydroxylation is 1. The van der Waals surface area contributed by atoms with Gasteiger partial charge in [0.2, 0.25) is 5.91 Å². The van der Waals surface area contributed by atoms with Gasteiger partial charge in [-0.25, -0.2) is 9.07 Å². The highest BCUT2D eigenvalue weighted by Crippen LogP contribution is 2.18. The second-order valence-corrected chi connectivity index (χ2v) is 6.69. The maximum atomic E-state index is 14.0. The van der Waals surface area contributed by atoms with Gasteiger partial charge in [-0.05, 0) is 43.5 Å². The predicted molar refractivity (Wildman–Crippen MR) is 106 cm³/mol. The summed E-state index contributed by atoms with van der Waals surface area (Å²) in [4.78, 5) is 24.4. The molecule has 1 amide bonds. The summed E-state index contributed by atoms with van der Waals surface area (Å²) in [5.41, 5.74) is 1.39. The van der Waals surface area contributed by atoms with Gasteiger partial charge in [0, 0.05) is 17.7 Å². The minimum atomic E-state index is -0.431. The van der Waals surface area contributed by atoms with E-state index >= 15 is 0 Å². The first kappa shape index (κ1) is 19.5. The molecule has 0 saturated carbocycles. The van der Waals surface area contributed by atoms with Gasteiger partial charge < -0.3 is 5.32 Å². The summed E-state index contributed by atoms with van der Waals surface area (Å²) >= 11 is 0. The standard InChI is InChI=1S/C22H22FN3O2/c1-16(11-12-17-7-3-2-4-8-17)24-21(27)15-26-22(28)14-13-20(25-26)18-9-5-6-10-19(18)23/h2-10,13-14,16H,11-12,15H2,1H3,(H,24,27). The highest BCUT2D eigenvalue weighted by molar-refractivity contribution is 5.76. The number of nitrogens with zero attached hydrogens (tertiary/aromatic N) is 2. The average molecular weight is 379 g/mol. The van der Waals surface area contributed by atoms with Crippen LogP contribution in [0.1, 0.15) is 18.9 Å². The van der Waals surface area contributed by atoms with E-state index in [1.54, 1.807) is 18.2 Å². The molecule has 28 heavy (non-hydrogen) atoms. The van der Waals surface area contributed by atoms with Crippen LogP contribution >= 0.6 is 0 Å². The molecule has 1 aromatic heterocycles. The van der Waals surface area contributed by atoms with Crippen molar-refractivity contribution in [1.82, 2.24) is 15.1 Å². The molecule has 0 radical (unpaired) electrons. The van der Waals surface area contributed by atoms with Crippen molar-refractivity contribution in [2.45, 2.75) is 32.4 Å². The average Bonchev–Trinajstić information content (AvgIpc) is 2.69. The molecule has 1 unspecified atom stereocenters. The van der Waals surface area contributed by atoms with Gasteiger partial charge in [0.1, 0.15) is 12.4 Å². The molecule has 3 aromatic rings. The molecule has 5 nitrogen and oxygen atoms in total. The van der Waals surface area contributed by atoms with Crippen LogP contribution in [0, 0.1) is 5.82 Å². The monoisotopic (exact) mass is 379 g/mol. The van der Waals surface area contributed by atoms with E-state index in [0.717, 1.165) is 17.5 Å². The first-order chi connectivity index (χ1) is 13.5. The van der Waals surface area contributed by atoms with Gasteiger partial charge in [0.25, 0.3) is 5.56 Å². The molecule has 144 valence electrons. The number of aromatic nitrogens is 2. The molecule has 3 rings (SSSR count). The molecule has 0 aliphatic rings. The van der Waals surface area contributed by atoms with Gasteiger partial charge in [-0.15, -0.1) is 0 Å². The minimum absolute atomic E-state index is 0.0434. The second-order valence-electron chi connectivity index (χ2n) is 6.69. The second kappa shape index (κ2) is 9.08. The summed E-state index contributed by atoms with van der Waals surface area (Å²) in [6.45, 7) is 1.71. The zero-order valence-corrected chi connectivity index (χ0v) is 15.6. The zero-order chi connectivity index (χ0) is 19.9. The number of hydrogen-bond acceptors (Lipinski definition) is 3. The molecular formula is C22H22FN3O2. The molecule has 0 bridgehead atoms. The van der Waals surface area contributed by atoms with Gasteiger partial charge in [-0.2, -0.15) is 5.10 Å². The number of benzene rings is 2. The number of amides is 1. The lowest BCUT2D eigenvalue weighted by Crippen LogP contribution is -2.38. The summed E-state index contributed by atoms with van der Waals surface area (Å²) in [6.07, 6.45) is 1.64. The molecule has 1 heterocycles. The van der Waals surface area contributed by atoms with Gasteiger partial charge in [0.05, 0.1) is 5.69 Å². The lowest BCUT2D eigenvalue weighted by atomic mass is 10.1. The van der Waals surface area contributed by atoms with Gasteiger partial charge >= 0.3 is 0 Å². The number of hydrogen-bond donors (Lipinski definition) is 1. The van der Waals surface area contributed by atoms with Crippen molar-refractivity contribution in [3.05, 3.63) is 88.5 Å². The number of carbonyl (C=O) groups excluding carboxylic acids is 1. The van der Waals surface area contributed by atoms with Crippen molar-refractivity contribution in [3.8, 4) is 11.3 Å². The van der Waals surface area contributed by atoms with Crippen LogP contribution < -0.4 is 10.9 Å². The summed E-state index contributed by atoms with van der Waals surface area (Å²) in [5.74, 6) is -0.736. The Labute approximate surface area is 162 Å². The molecular weight excluding hydrogens is 357 g/mol. The SMILES string of the molecule is CC(CCc1ccccc1)NC(=O)Cn1nc(-c2ccccc2F)ccc1=O. The molecule has 1 N–H and O–H groups in total. The first-order valence-corrected chi connectivity index (χ1v) is 9.19. The van der Waals surface area contributed by atoms with Gasteiger partial charge in [-0.3, -0.25) is 9.59 Å². The molecule has 2 aromatic carbocycles. The molecule has 1 atom stereocenters. The van der Waals surface area contributed by atoms with Crippen molar-refractivity contribution in [2.24, 2.45) is 0 Å². The number of nitrogens with one attached hydrogen (secondary N) is 1. The summed E-state index contributed by atoms with van der Waals surface area (Å²) < 4.78 is 15.0. The van der Waals surface area contributed by atoms with Crippen LogP contribution in [-0.2, 0) is 17.8 Å². The molecule has 0 spiro atoms. The van der Waals surface area contributed by atoms with Crippen molar-refractivity contribution >= 4 is 5.91 Å². The third-order valence-corrected chi connectivity index (χ3v) is 4.43. The van der Waals surface area contributed by atoms with E-state index in [4.69, 9.17) is 0 Å². The zero-order valence-electron chi connectivity index (χ0n) is 15.6. The Hall–Kier alpha value is -3.28. The van der Waals surface area contributed by atoms with Gasteiger partial charge in [0.15, 0.2) is 0 Å². The van der Waals surface area contributed by atoms with Crippen molar-refractivity contribution < 1.29 is 9.18 Å². The van der Waals surface area contributed by atoms with E-state index in [2.05, 4.69) is 10.4 Å². The van der Waals surface area contributed by atoms with Gasteiger partial charge in [-0.1, -0.05) is 42.5 Å². The molecule has 0 aliphatic carbocycles.